The number of likely N-dealkylation sites (tertiary alicyclic amines) is 1. The van der Waals surface area contributed by atoms with Gasteiger partial charge in [0.15, 0.2) is 5.82 Å². The van der Waals surface area contributed by atoms with Crippen LogP contribution in [0.2, 0.25) is 0 Å². The molecule has 2 atom stereocenters. The van der Waals surface area contributed by atoms with E-state index >= 15 is 0 Å². The smallest absolute Gasteiger partial charge is 0.416 e. The summed E-state index contributed by atoms with van der Waals surface area (Å²) in [5, 5.41) is 13.6. The van der Waals surface area contributed by atoms with Crippen molar-refractivity contribution in [2.24, 2.45) is 0 Å². The second kappa shape index (κ2) is 9.17. The van der Waals surface area contributed by atoms with E-state index in [1.165, 1.54) is 19.4 Å². The highest BCUT2D eigenvalue weighted by molar-refractivity contribution is 5.94. The molecule has 5 nitrogen and oxygen atoms in total. The first-order valence-corrected chi connectivity index (χ1v) is 11.2. The predicted molar refractivity (Wildman–Crippen MR) is 124 cm³/mol. The second-order valence-electron chi connectivity index (χ2n) is 8.81. The first kappa shape index (κ1) is 23.3. The molecule has 3 aromatic rings. The highest BCUT2D eigenvalue weighted by Crippen LogP contribution is 2.36. The molecule has 0 saturated carbocycles. The molecule has 1 aliphatic heterocycles. The lowest BCUT2D eigenvalue weighted by Crippen LogP contribution is -2.30. The number of anilines is 1. The van der Waals surface area contributed by atoms with Gasteiger partial charge in [-0.05, 0) is 82.6 Å². The molecule has 0 amide bonds. The lowest BCUT2D eigenvalue weighted by molar-refractivity contribution is -0.138. The summed E-state index contributed by atoms with van der Waals surface area (Å²) in [7, 11) is 2.11. The summed E-state index contributed by atoms with van der Waals surface area (Å²) in [6, 6.07) is 10.1. The maximum Gasteiger partial charge on any atom is 0.416 e. The monoisotopic (exact) mass is 458 g/mol. The zero-order chi connectivity index (χ0) is 23.8. The first-order valence-electron chi connectivity index (χ1n) is 11.2. The third kappa shape index (κ3) is 4.90. The topological polar surface area (TPSA) is 50.3 Å². The Labute approximate surface area is 192 Å². The van der Waals surface area contributed by atoms with Crippen LogP contribution in [0.25, 0.3) is 10.8 Å². The molecule has 0 aliphatic carbocycles. The molecule has 1 fully saturated rings. The van der Waals surface area contributed by atoms with Crippen LogP contribution >= 0.6 is 0 Å². The van der Waals surface area contributed by atoms with Gasteiger partial charge in [0.1, 0.15) is 12.4 Å². The van der Waals surface area contributed by atoms with E-state index in [-0.39, 0.29) is 5.56 Å². The number of nitrogens with one attached hydrogen (secondary N) is 1. The normalized spacial score (nSPS) is 18.0. The highest BCUT2D eigenvalue weighted by atomic mass is 19.4. The molecule has 4 rings (SSSR count). The van der Waals surface area contributed by atoms with Crippen molar-refractivity contribution >= 4 is 16.6 Å². The van der Waals surface area contributed by atoms with Gasteiger partial charge in [0.05, 0.1) is 17.3 Å². The van der Waals surface area contributed by atoms with Gasteiger partial charge in [0.25, 0.3) is 0 Å². The molecule has 0 bridgehead atoms. The van der Waals surface area contributed by atoms with Crippen molar-refractivity contribution in [2.75, 3.05) is 25.5 Å². The summed E-state index contributed by atoms with van der Waals surface area (Å²) >= 11 is 0. The van der Waals surface area contributed by atoms with Crippen LogP contribution in [0.4, 0.5) is 19.0 Å². The van der Waals surface area contributed by atoms with Crippen molar-refractivity contribution in [3.05, 3.63) is 58.8 Å². The number of hydrogen-bond donors (Lipinski definition) is 1. The average molecular weight is 459 g/mol. The van der Waals surface area contributed by atoms with E-state index < -0.39 is 17.8 Å². The standard InChI is InChI=1S/C25H29F3N4O/c1-15-20(8-5-9-23(15)25(26,27)28)16(2)29-24-22-13-19(10-11-21(22)17(3)30-31-24)33-14-18-7-6-12-32(18)4/h5,8-11,13,16,18H,6-7,12,14H2,1-4H3,(H,29,31)/t16?,18-/m0/s1. The van der Waals surface area contributed by atoms with E-state index in [4.69, 9.17) is 4.74 Å². The molecule has 0 spiro atoms. The lowest BCUT2D eigenvalue weighted by Gasteiger charge is -2.21. The molecule has 1 aromatic heterocycles. The predicted octanol–water partition coefficient (Wildman–Crippen LogP) is 5.91. The van der Waals surface area contributed by atoms with Crippen molar-refractivity contribution in [3.8, 4) is 5.75 Å². The number of likely N-dealkylation sites (N-methyl/N-ethyl adjacent to an activating group) is 1. The van der Waals surface area contributed by atoms with Gasteiger partial charge >= 0.3 is 6.18 Å². The van der Waals surface area contributed by atoms with Crippen molar-refractivity contribution in [1.29, 1.82) is 0 Å². The summed E-state index contributed by atoms with van der Waals surface area (Å²) < 4.78 is 46.2. The van der Waals surface area contributed by atoms with Crippen LogP contribution in [0.5, 0.6) is 5.75 Å². The maximum absolute atomic E-state index is 13.4. The molecule has 176 valence electrons. The molecule has 1 saturated heterocycles. The quantitative estimate of drug-likeness (QED) is 0.498. The fourth-order valence-corrected chi connectivity index (χ4v) is 4.56. The summed E-state index contributed by atoms with van der Waals surface area (Å²) in [5.41, 5.74) is 0.928. The molecule has 2 aromatic carbocycles. The van der Waals surface area contributed by atoms with Gasteiger partial charge in [-0.2, -0.15) is 18.3 Å². The van der Waals surface area contributed by atoms with Crippen LogP contribution in [0.1, 0.15) is 48.2 Å². The van der Waals surface area contributed by atoms with Crippen LogP contribution in [-0.4, -0.2) is 41.3 Å². The van der Waals surface area contributed by atoms with Gasteiger partial charge in [0.2, 0.25) is 0 Å². The Bertz CT molecular complexity index is 1150. The van der Waals surface area contributed by atoms with Gasteiger partial charge in [-0.15, -0.1) is 5.10 Å². The van der Waals surface area contributed by atoms with Crippen LogP contribution in [-0.2, 0) is 6.18 Å². The minimum absolute atomic E-state index is 0.207. The third-order valence-electron chi connectivity index (χ3n) is 6.55. The fraction of sp³-hybridized carbons (Fsp3) is 0.440. The van der Waals surface area contributed by atoms with Crippen molar-refractivity contribution in [1.82, 2.24) is 15.1 Å². The first-order chi connectivity index (χ1) is 15.6. The van der Waals surface area contributed by atoms with Gasteiger partial charge < -0.3 is 15.0 Å². The molecule has 1 aliphatic rings. The maximum atomic E-state index is 13.4. The van der Waals surface area contributed by atoms with E-state index in [0.29, 0.717) is 24.0 Å². The molecular formula is C25H29F3N4O. The van der Waals surface area contributed by atoms with Crippen LogP contribution < -0.4 is 10.1 Å². The van der Waals surface area contributed by atoms with Crippen molar-refractivity contribution in [2.45, 2.75) is 51.9 Å². The molecular weight excluding hydrogens is 429 g/mol. The Balaban J connectivity index is 1.61. The number of hydrogen-bond acceptors (Lipinski definition) is 5. The SMILES string of the molecule is Cc1c(C(C)Nc2nnc(C)c3ccc(OC[C@@H]4CCCN4C)cc23)cccc1C(F)(F)F. The number of aryl methyl sites for hydroxylation is 1. The Hall–Kier alpha value is -2.87. The van der Waals surface area contributed by atoms with Gasteiger partial charge in [-0.25, -0.2) is 0 Å². The van der Waals surface area contributed by atoms with Crippen LogP contribution in [0, 0.1) is 13.8 Å². The minimum Gasteiger partial charge on any atom is -0.492 e. The number of benzene rings is 2. The van der Waals surface area contributed by atoms with Crippen LogP contribution in [0.15, 0.2) is 36.4 Å². The van der Waals surface area contributed by atoms with E-state index in [1.54, 1.807) is 6.07 Å². The zero-order valence-corrected chi connectivity index (χ0v) is 19.3. The number of rotatable bonds is 6. The summed E-state index contributed by atoms with van der Waals surface area (Å²) in [6.45, 7) is 6.91. The number of nitrogens with zero attached hydrogens (tertiary/aromatic N) is 3. The average Bonchev–Trinajstić information content (AvgIpc) is 3.18. The molecule has 1 N–H and O–H groups in total. The Kier molecular flexibility index (Phi) is 6.47. The minimum atomic E-state index is -4.39. The number of fused-ring (bicyclic) bond motifs is 1. The van der Waals surface area contributed by atoms with Crippen LogP contribution in [0.3, 0.4) is 0 Å². The third-order valence-corrected chi connectivity index (χ3v) is 6.55. The fourth-order valence-electron chi connectivity index (χ4n) is 4.56. The van der Waals surface area contributed by atoms with E-state index in [9.17, 15) is 13.2 Å². The molecule has 0 radical (unpaired) electrons. The van der Waals surface area contributed by atoms with E-state index in [1.807, 2.05) is 32.0 Å². The number of aromatic nitrogens is 2. The van der Waals surface area contributed by atoms with E-state index in [0.717, 1.165) is 41.2 Å². The summed E-state index contributed by atoms with van der Waals surface area (Å²) in [5.74, 6) is 1.25. The Morgan fingerprint density at radius 1 is 1.15 bits per heavy atom. The molecule has 1 unspecified atom stereocenters. The van der Waals surface area contributed by atoms with Gasteiger partial charge in [0, 0.05) is 16.8 Å². The van der Waals surface area contributed by atoms with E-state index in [2.05, 4.69) is 27.5 Å². The lowest BCUT2D eigenvalue weighted by atomic mass is 9.97. The highest BCUT2D eigenvalue weighted by Gasteiger charge is 2.33. The molecule has 2 heterocycles. The largest absolute Gasteiger partial charge is 0.492 e. The molecule has 33 heavy (non-hydrogen) atoms. The number of ether oxygens (including phenoxy) is 1. The molecule has 8 heteroatoms. The Morgan fingerprint density at radius 3 is 2.64 bits per heavy atom. The number of alkyl halides is 3. The second-order valence-corrected chi connectivity index (χ2v) is 8.81. The summed E-state index contributed by atoms with van der Waals surface area (Å²) in [6.07, 6.45) is -2.09. The summed E-state index contributed by atoms with van der Waals surface area (Å²) in [4.78, 5) is 2.31. The zero-order valence-electron chi connectivity index (χ0n) is 19.3. The number of halogens is 3. The van der Waals surface area contributed by atoms with Crippen molar-refractivity contribution < 1.29 is 17.9 Å². The van der Waals surface area contributed by atoms with Crippen molar-refractivity contribution in [3.63, 3.8) is 0 Å². The van der Waals surface area contributed by atoms with Gasteiger partial charge in [-0.1, -0.05) is 12.1 Å². The Morgan fingerprint density at radius 2 is 1.94 bits per heavy atom. The van der Waals surface area contributed by atoms with Gasteiger partial charge in [-0.3, -0.25) is 0 Å².